The van der Waals surface area contributed by atoms with Crippen molar-refractivity contribution in [2.24, 2.45) is 0 Å². The van der Waals surface area contributed by atoms with Gasteiger partial charge in [-0.2, -0.15) is 4.98 Å². The highest BCUT2D eigenvalue weighted by molar-refractivity contribution is 5.61. The molecule has 0 aliphatic carbocycles. The molecule has 1 fully saturated rings. The predicted molar refractivity (Wildman–Crippen MR) is 83.8 cm³/mol. The number of hydrogen-bond acceptors (Lipinski definition) is 7. The van der Waals surface area contributed by atoms with E-state index in [-0.39, 0.29) is 0 Å². The van der Waals surface area contributed by atoms with Gasteiger partial charge in [-0.3, -0.25) is 4.98 Å². The van der Waals surface area contributed by atoms with Gasteiger partial charge in [0.05, 0.1) is 13.2 Å². The molecule has 4 rings (SSSR count). The first-order valence-electron chi connectivity index (χ1n) is 7.44. The van der Waals surface area contributed by atoms with Gasteiger partial charge in [-0.05, 0) is 24.3 Å². The number of ether oxygens (including phenoxy) is 1. The number of anilines is 1. The average molecular weight is 309 g/mol. The number of rotatable bonds is 3. The fourth-order valence-electron chi connectivity index (χ4n) is 2.46. The van der Waals surface area contributed by atoms with E-state index in [2.05, 4.69) is 25.0 Å². The molecule has 0 atom stereocenters. The molecule has 23 heavy (non-hydrogen) atoms. The maximum atomic E-state index is 5.37. The highest BCUT2D eigenvalue weighted by Crippen LogP contribution is 2.23. The zero-order chi connectivity index (χ0) is 15.5. The first kappa shape index (κ1) is 13.8. The molecule has 0 amide bonds. The van der Waals surface area contributed by atoms with Gasteiger partial charge >= 0.3 is 0 Å². The highest BCUT2D eigenvalue weighted by atomic mass is 16.5. The minimum Gasteiger partial charge on any atom is -0.378 e. The lowest BCUT2D eigenvalue weighted by Gasteiger charge is -2.27. The summed E-state index contributed by atoms with van der Waals surface area (Å²) < 4.78 is 10.7. The Labute approximate surface area is 132 Å². The van der Waals surface area contributed by atoms with E-state index >= 15 is 0 Å². The van der Waals surface area contributed by atoms with E-state index in [0.717, 1.165) is 37.7 Å². The van der Waals surface area contributed by atoms with Gasteiger partial charge in [0.25, 0.3) is 5.89 Å². The summed E-state index contributed by atoms with van der Waals surface area (Å²) in [4.78, 5) is 15.3. The Hall–Kier alpha value is -2.80. The Bertz CT molecular complexity index is 784. The molecular weight excluding hydrogens is 294 g/mol. The zero-order valence-electron chi connectivity index (χ0n) is 12.4. The Morgan fingerprint density at radius 3 is 2.74 bits per heavy atom. The highest BCUT2D eigenvalue weighted by Gasteiger charge is 2.15. The molecule has 0 spiro atoms. The van der Waals surface area contributed by atoms with Crippen molar-refractivity contribution < 1.29 is 9.26 Å². The average Bonchev–Trinajstić information content (AvgIpc) is 3.14. The lowest BCUT2D eigenvalue weighted by Crippen LogP contribution is -2.36. The van der Waals surface area contributed by atoms with Crippen LogP contribution in [-0.2, 0) is 4.74 Å². The van der Waals surface area contributed by atoms with Crippen LogP contribution in [-0.4, -0.2) is 46.4 Å². The topological polar surface area (TPSA) is 77.2 Å². The molecule has 4 heterocycles. The van der Waals surface area contributed by atoms with Crippen LogP contribution in [0.25, 0.3) is 23.0 Å². The molecule has 1 aliphatic heterocycles. The molecule has 7 heteroatoms. The molecule has 0 aromatic carbocycles. The van der Waals surface area contributed by atoms with Crippen LogP contribution in [0.3, 0.4) is 0 Å². The minimum atomic E-state index is 0.408. The fraction of sp³-hybridized carbons (Fsp3) is 0.250. The summed E-state index contributed by atoms with van der Waals surface area (Å²) in [5, 5.41) is 4.05. The van der Waals surface area contributed by atoms with Crippen LogP contribution in [0.4, 0.5) is 5.82 Å². The van der Waals surface area contributed by atoms with Crippen LogP contribution < -0.4 is 4.90 Å². The van der Waals surface area contributed by atoms with Gasteiger partial charge < -0.3 is 14.2 Å². The fourth-order valence-corrected chi connectivity index (χ4v) is 2.46. The summed E-state index contributed by atoms with van der Waals surface area (Å²) in [5.74, 6) is 1.84. The van der Waals surface area contributed by atoms with Crippen LogP contribution >= 0.6 is 0 Å². The van der Waals surface area contributed by atoms with Crippen LogP contribution in [0, 0.1) is 0 Å². The van der Waals surface area contributed by atoms with Crippen molar-refractivity contribution in [3.05, 3.63) is 42.7 Å². The smallest absolute Gasteiger partial charge is 0.276 e. The molecule has 7 nitrogen and oxygen atoms in total. The molecule has 116 valence electrons. The Morgan fingerprint density at radius 2 is 1.91 bits per heavy atom. The molecule has 0 saturated carbocycles. The molecule has 3 aromatic rings. The SMILES string of the molecule is c1ccc(-c2nc(-c3ccnc(N4CCOCC4)c3)no2)nc1. The lowest BCUT2D eigenvalue weighted by atomic mass is 10.2. The van der Waals surface area contributed by atoms with E-state index in [4.69, 9.17) is 9.26 Å². The Kier molecular flexibility index (Phi) is 3.69. The number of nitrogens with zero attached hydrogens (tertiary/aromatic N) is 5. The molecule has 0 unspecified atom stereocenters. The third-order valence-corrected chi connectivity index (χ3v) is 3.65. The van der Waals surface area contributed by atoms with E-state index in [1.54, 1.807) is 12.4 Å². The molecule has 0 radical (unpaired) electrons. The maximum Gasteiger partial charge on any atom is 0.276 e. The van der Waals surface area contributed by atoms with Crippen LogP contribution in [0.5, 0.6) is 0 Å². The van der Waals surface area contributed by atoms with Gasteiger partial charge in [0.2, 0.25) is 5.82 Å². The largest absolute Gasteiger partial charge is 0.378 e. The molecular formula is C16H15N5O2. The summed E-state index contributed by atoms with van der Waals surface area (Å²) in [6.45, 7) is 3.11. The second kappa shape index (κ2) is 6.13. The van der Waals surface area contributed by atoms with Gasteiger partial charge in [0, 0.05) is 31.0 Å². The number of pyridine rings is 2. The second-order valence-corrected chi connectivity index (χ2v) is 5.14. The van der Waals surface area contributed by atoms with Gasteiger partial charge in [-0.1, -0.05) is 11.2 Å². The third-order valence-electron chi connectivity index (χ3n) is 3.65. The van der Waals surface area contributed by atoms with E-state index in [1.165, 1.54) is 0 Å². The van der Waals surface area contributed by atoms with Crippen molar-refractivity contribution in [1.82, 2.24) is 20.1 Å². The van der Waals surface area contributed by atoms with Crippen molar-refractivity contribution in [3.63, 3.8) is 0 Å². The number of hydrogen-bond donors (Lipinski definition) is 0. The number of morpholine rings is 1. The van der Waals surface area contributed by atoms with Crippen molar-refractivity contribution >= 4 is 5.82 Å². The van der Waals surface area contributed by atoms with Gasteiger partial charge in [-0.15, -0.1) is 0 Å². The van der Waals surface area contributed by atoms with Crippen LogP contribution in [0.1, 0.15) is 0 Å². The predicted octanol–water partition coefficient (Wildman–Crippen LogP) is 2.03. The molecule has 1 aliphatic rings. The van der Waals surface area contributed by atoms with Gasteiger partial charge in [0.15, 0.2) is 0 Å². The number of aromatic nitrogens is 4. The van der Waals surface area contributed by atoms with E-state index < -0.39 is 0 Å². The summed E-state index contributed by atoms with van der Waals surface area (Å²) in [6, 6.07) is 9.41. The van der Waals surface area contributed by atoms with Crippen molar-refractivity contribution in [3.8, 4) is 23.0 Å². The van der Waals surface area contributed by atoms with Crippen molar-refractivity contribution in [2.75, 3.05) is 31.2 Å². The summed E-state index contributed by atoms with van der Waals surface area (Å²) in [7, 11) is 0. The minimum absolute atomic E-state index is 0.408. The maximum absolute atomic E-state index is 5.37. The van der Waals surface area contributed by atoms with Crippen LogP contribution in [0.15, 0.2) is 47.2 Å². The van der Waals surface area contributed by atoms with E-state index in [0.29, 0.717) is 17.4 Å². The molecule has 1 saturated heterocycles. The van der Waals surface area contributed by atoms with E-state index in [1.807, 2.05) is 30.3 Å². The normalized spacial score (nSPS) is 14.9. The zero-order valence-corrected chi connectivity index (χ0v) is 12.4. The van der Waals surface area contributed by atoms with Crippen molar-refractivity contribution in [2.45, 2.75) is 0 Å². The summed E-state index contributed by atoms with van der Waals surface area (Å²) in [5.41, 5.74) is 1.53. The van der Waals surface area contributed by atoms with Crippen LogP contribution in [0.2, 0.25) is 0 Å². The quantitative estimate of drug-likeness (QED) is 0.732. The first-order chi connectivity index (χ1) is 11.4. The Morgan fingerprint density at radius 1 is 1.00 bits per heavy atom. The third kappa shape index (κ3) is 2.91. The second-order valence-electron chi connectivity index (χ2n) is 5.14. The summed E-state index contributed by atoms with van der Waals surface area (Å²) in [6.07, 6.45) is 3.46. The standard InChI is InChI=1S/C16H15N5O2/c1-2-5-17-13(3-1)16-19-15(20-23-16)12-4-6-18-14(11-12)21-7-9-22-10-8-21/h1-6,11H,7-10H2. The lowest BCUT2D eigenvalue weighted by molar-refractivity contribution is 0.122. The molecule has 3 aromatic heterocycles. The monoisotopic (exact) mass is 309 g/mol. The Balaban J connectivity index is 1.62. The molecule has 0 bridgehead atoms. The van der Waals surface area contributed by atoms with E-state index in [9.17, 15) is 0 Å². The summed E-state index contributed by atoms with van der Waals surface area (Å²) >= 11 is 0. The van der Waals surface area contributed by atoms with Gasteiger partial charge in [-0.25, -0.2) is 4.98 Å². The van der Waals surface area contributed by atoms with Gasteiger partial charge in [0.1, 0.15) is 11.5 Å². The molecule has 0 N–H and O–H groups in total. The first-order valence-corrected chi connectivity index (χ1v) is 7.44. The van der Waals surface area contributed by atoms with Crippen molar-refractivity contribution in [1.29, 1.82) is 0 Å².